The molecule has 0 unspecified atom stereocenters. The Hall–Kier alpha value is -2.70. The van der Waals surface area contributed by atoms with Crippen LogP contribution in [0.1, 0.15) is 0 Å². The highest BCUT2D eigenvalue weighted by atomic mass is 19.4. The van der Waals surface area contributed by atoms with Gasteiger partial charge in [-0.25, -0.2) is 9.55 Å². The van der Waals surface area contributed by atoms with Gasteiger partial charge in [0.05, 0.1) is 22.4 Å². The van der Waals surface area contributed by atoms with E-state index in [2.05, 4.69) is 4.98 Å². The normalized spacial score (nSPS) is 12.0. The third-order valence-corrected chi connectivity index (χ3v) is 3.16. The van der Waals surface area contributed by atoms with E-state index < -0.39 is 6.30 Å². The Balaban J connectivity index is 2.33. The van der Waals surface area contributed by atoms with Crippen LogP contribution in [-0.2, 0) is 6.30 Å². The van der Waals surface area contributed by atoms with Gasteiger partial charge in [-0.15, -0.1) is 13.2 Å². The summed E-state index contributed by atoms with van der Waals surface area (Å²) >= 11 is 0. The summed E-state index contributed by atoms with van der Waals surface area (Å²) in [5.41, 5.74) is 12.3. The van der Waals surface area contributed by atoms with Crippen molar-refractivity contribution in [1.29, 1.82) is 0 Å². The fraction of sp³-hybridized carbons (Fsp3) is 0.0714. The molecule has 108 valence electrons. The van der Waals surface area contributed by atoms with Crippen LogP contribution < -0.4 is 11.5 Å². The molecule has 0 saturated heterocycles. The molecule has 3 rings (SSSR count). The Morgan fingerprint density at radius 1 is 0.952 bits per heavy atom. The van der Waals surface area contributed by atoms with Gasteiger partial charge >= 0.3 is 6.30 Å². The molecule has 0 aliphatic carbocycles. The molecule has 0 radical (unpaired) electrons. The molecule has 4 N–H and O–H groups in total. The maximum absolute atomic E-state index is 13.3. The third kappa shape index (κ3) is 2.16. The van der Waals surface area contributed by atoms with Gasteiger partial charge in [0.1, 0.15) is 5.82 Å². The number of para-hydroxylation sites is 2. The zero-order chi connectivity index (χ0) is 15.2. The number of nitrogen functional groups attached to an aromatic ring is 2. The minimum atomic E-state index is -4.58. The van der Waals surface area contributed by atoms with Crippen molar-refractivity contribution in [2.45, 2.75) is 6.30 Å². The van der Waals surface area contributed by atoms with Crippen molar-refractivity contribution in [3.05, 3.63) is 42.5 Å². The first kappa shape index (κ1) is 13.3. The van der Waals surface area contributed by atoms with Gasteiger partial charge in [0.2, 0.25) is 0 Å². The average molecular weight is 292 g/mol. The van der Waals surface area contributed by atoms with Crippen LogP contribution in [0.15, 0.2) is 42.5 Å². The van der Waals surface area contributed by atoms with E-state index in [1.165, 1.54) is 36.4 Å². The number of hydrogen-bond acceptors (Lipinski definition) is 3. The lowest BCUT2D eigenvalue weighted by atomic mass is 10.1. The summed E-state index contributed by atoms with van der Waals surface area (Å²) in [6.07, 6.45) is -4.58. The quantitative estimate of drug-likeness (QED) is 0.676. The van der Waals surface area contributed by atoms with Crippen LogP contribution in [0.5, 0.6) is 0 Å². The first-order valence-electron chi connectivity index (χ1n) is 6.08. The maximum Gasteiger partial charge on any atom is 0.490 e. The molecule has 0 aliphatic heterocycles. The second kappa shape index (κ2) is 4.41. The molecule has 0 atom stereocenters. The molecule has 0 amide bonds. The summed E-state index contributed by atoms with van der Waals surface area (Å²) in [6.45, 7) is 0. The Kier molecular flexibility index (Phi) is 2.79. The average Bonchev–Trinajstić information content (AvgIpc) is 2.81. The number of fused-ring (bicyclic) bond motifs is 1. The predicted molar refractivity (Wildman–Crippen MR) is 75.3 cm³/mol. The molecule has 0 fully saturated rings. The Morgan fingerprint density at radius 2 is 1.67 bits per heavy atom. The fourth-order valence-electron chi connectivity index (χ4n) is 2.19. The Morgan fingerprint density at radius 3 is 2.33 bits per heavy atom. The van der Waals surface area contributed by atoms with E-state index in [-0.39, 0.29) is 32.7 Å². The van der Waals surface area contributed by atoms with Crippen LogP contribution >= 0.6 is 0 Å². The summed E-state index contributed by atoms with van der Waals surface area (Å²) in [4.78, 5) is 4.07. The van der Waals surface area contributed by atoms with E-state index in [4.69, 9.17) is 11.5 Å². The van der Waals surface area contributed by atoms with Crippen LogP contribution in [0.25, 0.3) is 22.4 Å². The number of benzene rings is 2. The summed E-state index contributed by atoms with van der Waals surface area (Å²) in [5.74, 6) is -0.213. The summed E-state index contributed by atoms with van der Waals surface area (Å²) in [5, 5.41) is 0. The van der Waals surface area contributed by atoms with Crippen LogP contribution in [-0.4, -0.2) is 9.55 Å². The lowest BCUT2D eigenvalue weighted by Crippen LogP contribution is -2.17. The van der Waals surface area contributed by atoms with Crippen molar-refractivity contribution in [2.24, 2.45) is 0 Å². The SMILES string of the molecule is Nc1ccc(-c2nc3ccccc3n2C(F)(F)F)cc1N. The smallest absolute Gasteiger partial charge is 0.397 e. The van der Waals surface area contributed by atoms with Crippen LogP contribution in [0.4, 0.5) is 24.5 Å². The minimum Gasteiger partial charge on any atom is -0.397 e. The van der Waals surface area contributed by atoms with Crippen LogP contribution in [0.3, 0.4) is 0 Å². The molecule has 0 bridgehead atoms. The summed E-state index contributed by atoms with van der Waals surface area (Å²) < 4.78 is 40.3. The molecular weight excluding hydrogens is 281 g/mol. The zero-order valence-corrected chi connectivity index (χ0v) is 10.7. The lowest BCUT2D eigenvalue weighted by molar-refractivity contribution is -0.199. The Bertz CT molecular complexity index is 821. The van der Waals surface area contributed by atoms with E-state index in [0.717, 1.165) is 0 Å². The van der Waals surface area contributed by atoms with E-state index in [1.807, 2.05) is 0 Å². The second-order valence-electron chi connectivity index (χ2n) is 4.57. The van der Waals surface area contributed by atoms with Crippen molar-refractivity contribution >= 4 is 22.4 Å². The molecule has 4 nitrogen and oxygen atoms in total. The van der Waals surface area contributed by atoms with Gasteiger partial charge in [0.15, 0.2) is 0 Å². The molecular formula is C14H11F3N4. The molecule has 1 heterocycles. The minimum absolute atomic E-state index is 0.00426. The number of imidazole rings is 1. The zero-order valence-electron chi connectivity index (χ0n) is 10.7. The van der Waals surface area contributed by atoms with Crippen molar-refractivity contribution in [1.82, 2.24) is 9.55 Å². The lowest BCUT2D eigenvalue weighted by Gasteiger charge is -2.13. The molecule has 2 aromatic carbocycles. The second-order valence-corrected chi connectivity index (χ2v) is 4.57. The standard InChI is InChI=1S/C14H11F3N4/c15-14(16,17)21-12-4-2-1-3-11(12)20-13(21)8-5-6-9(18)10(19)7-8/h1-7H,18-19H2. The van der Waals surface area contributed by atoms with E-state index in [9.17, 15) is 13.2 Å². The molecule has 7 heteroatoms. The van der Waals surface area contributed by atoms with Gasteiger partial charge < -0.3 is 11.5 Å². The van der Waals surface area contributed by atoms with Crippen molar-refractivity contribution in [3.63, 3.8) is 0 Å². The topological polar surface area (TPSA) is 69.9 Å². The van der Waals surface area contributed by atoms with Crippen molar-refractivity contribution < 1.29 is 13.2 Å². The van der Waals surface area contributed by atoms with Crippen LogP contribution in [0.2, 0.25) is 0 Å². The number of hydrogen-bond donors (Lipinski definition) is 2. The summed E-state index contributed by atoms with van der Waals surface area (Å²) in [6, 6.07) is 10.4. The molecule has 0 aliphatic rings. The van der Waals surface area contributed by atoms with Crippen molar-refractivity contribution in [3.8, 4) is 11.4 Å². The largest absolute Gasteiger partial charge is 0.490 e. The van der Waals surface area contributed by atoms with E-state index in [0.29, 0.717) is 5.69 Å². The first-order chi connectivity index (χ1) is 9.88. The molecule has 21 heavy (non-hydrogen) atoms. The number of aromatic nitrogens is 2. The Labute approximate surface area is 117 Å². The number of anilines is 2. The number of rotatable bonds is 1. The highest BCUT2D eigenvalue weighted by molar-refractivity contribution is 5.82. The first-order valence-corrected chi connectivity index (χ1v) is 6.08. The molecule has 0 saturated carbocycles. The molecule has 0 spiro atoms. The van der Waals surface area contributed by atoms with Gasteiger partial charge in [-0.2, -0.15) is 0 Å². The maximum atomic E-state index is 13.3. The van der Waals surface area contributed by atoms with Gasteiger partial charge in [0, 0.05) is 5.56 Å². The van der Waals surface area contributed by atoms with Crippen LogP contribution in [0, 0.1) is 0 Å². The van der Waals surface area contributed by atoms with Gasteiger partial charge in [0.25, 0.3) is 0 Å². The van der Waals surface area contributed by atoms with E-state index in [1.54, 1.807) is 6.07 Å². The number of alkyl halides is 3. The highest BCUT2D eigenvalue weighted by Crippen LogP contribution is 2.35. The van der Waals surface area contributed by atoms with Gasteiger partial charge in [-0.1, -0.05) is 12.1 Å². The van der Waals surface area contributed by atoms with Crippen molar-refractivity contribution in [2.75, 3.05) is 11.5 Å². The number of nitrogens with zero attached hydrogens (tertiary/aromatic N) is 2. The molecule has 3 aromatic rings. The monoisotopic (exact) mass is 292 g/mol. The fourth-order valence-corrected chi connectivity index (χ4v) is 2.19. The van der Waals surface area contributed by atoms with E-state index >= 15 is 0 Å². The number of nitrogens with two attached hydrogens (primary N) is 2. The number of halogens is 3. The third-order valence-electron chi connectivity index (χ3n) is 3.16. The predicted octanol–water partition coefficient (Wildman–Crippen LogP) is 3.34. The highest BCUT2D eigenvalue weighted by Gasteiger charge is 2.35. The molecule has 1 aromatic heterocycles. The van der Waals surface area contributed by atoms with Gasteiger partial charge in [-0.05, 0) is 30.3 Å². The van der Waals surface area contributed by atoms with Gasteiger partial charge in [-0.3, -0.25) is 0 Å². The summed E-state index contributed by atoms with van der Waals surface area (Å²) in [7, 11) is 0.